The fraction of sp³-hybridized carbons (Fsp3) is 0.474. The maximum atomic E-state index is 12.6. The molecule has 6 heteroatoms. The highest BCUT2D eigenvalue weighted by atomic mass is 16.5. The van der Waals surface area contributed by atoms with Crippen LogP contribution in [-0.2, 0) is 9.53 Å². The molecule has 0 spiro atoms. The molecule has 6 nitrogen and oxygen atoms in total. The van der Waals surface area contributed by atoms with Gasteiger partial charge >= 0.3 is 12.0 Å². The maximum Gasteiger partial charge on any atom is 0.319 e. The fourth-order valence-electron chi connectivity index (χ4n) is 2.86. The van der Waals surface area contributed by atoms with Gasteiger partial charge in [-0.15, -0.1) is 0 Å². The number of nitrogens with one attached hydrogen (secondary N) is 2. The summed E-state index contributed by atoms with van der Waals surface area (Å²) in [6.45, 7) is 8.68. The van der Waals surface area contributed by atoms with E-state index >= 15 is 0 Å². The molecule has 1 aromatic rings. The Kier molecular flexibility index (Phi) is 6.86. The molecular weight excluding hydrogens is 320 g/mol. The van der Waals surface area contributed by atoms with Gasteiger partial charge in [0.05, 0.1) is 19.3 Å². The van der Waals surface area contributed by atoms with Crippen molar-refractivity contribution in [1.82, 2.24) is 10.6 Å². The quantitative estimate of drug-likeness (QED) is 0.559. The molecule has 2 N–H and O–H groups in total. The molecule has 0 aromatic heterocycles. The second kappa shape index (κ2) is 9.11. The predicted octanol–water partition coefficient (Wildman–Crippen LogP) is 3.30. The van der Waals surface area contributed by atoms with Gasteiger partial charge in [0, 0.05) is 11.3 Å². The fourth-order valence-corrected chi connectivity index (χ4v) is 2.86. The Morgan fingerprint density at radius 3 is 2.72 bits per heavy atom. The molecule has 136 valence electrons. The van der Waals surface area contributed by atoms with Gasteiger partial charge < -0.3 is 20.1 Å². The summed E-state index contributed by atoms with van der Waals surface area (Å²) in [5, 5.41) is 5.38. The molecule has 25 heavy (non-hydrogen) atoms. The number of hydrogen-bond acceptors (Lipinski definition) is 4. The van der Waals surface area contributed by atoms with Crippen LogP contribution in [0.4, 0.5) is 4.79 Å². The molecule has 2 atom stereocenters. The summed E-state index contributed by atoms with van der Waals surface area (Å²) in [5.74, 6) is -0.473. The summed E-state index contributed by atoms with van der Waals surface area (Å²) in [6.07, 6.45) is 2.88. The molecule has 0 radical (unpaired) electrons. The van der Waals surface area contributed by atoms with E-state index in [1.165, 1.54) is 0 Å². The van der Waals surface area contributed by atoms with E-state index in [0.717, 1.165) is 24.8 Å². The zero-order valence-electron chi connectivity index (χ0n) is 14.8. The number of esters is 1. The molecule has 2 amide bonds. The molecule has 1 aromatic carbocycles. The number of urea groups is 1. The summed E-state index contributed by atoms with van der Waals surface area (Å²) < 4.78 is 11.1. The highest BCUT2D eigenvalue weighted by Gasteiger charge is 2.40. The second-order valence-corrected chi connectivity index (χ2v) is 5.92. The summed E-state index contributed by atoms with van der Waals surface area (Å²) in [6, 6.07) is 6.38. The number of carbonyl (C=O) groups is 2. The van der Waals surface area contributed by atoms with Gasteiger partial charge in [-0.25, -0.2) is 4.79 Å². The molecule has 1 aliphatic rings. The molecule has 1 saturated heterocycles. The monoisotopic (exact) mass is 346 g/mol. The molecule has 0 unspecified atom stereocenters. The van der Waals surface area contributed by atoms with Gasteiger partial charge in [-0.3, -0.25) is 4.79 Å². The Morgan fingerprint density at radius 1 is 1.24 bits per heavy atom. The Labute approximate surface area is 148 Å². The molecular formula is C19H26N2O4. The van der Waals surface area contributed by atoms with Crippen molar-refractivity contribution in [3.8, 4) is 5.75 Å². The lowest BCUT2D eigenvalue weighted by atomic mass is 9.88. The lowest BCUT2D eigenvalue weighted by Gasteiger charge is -2.34. The molecule has 2 rings (SSSR count). The number of rotatable bonds is 8. The van der Waals surface area contributed by atoms with Crippen molar-refractivity contribution < 1.29 is 19.1 Å². The number of benzene rings is 1. The third kappa shape index (κ3) is 4.75. The minimum absolute atomic E-state index is 0.334. The highest BCUT2D eigenvalue weighted by Crippen LogP contribution is 2.35. The molecule has 1 fully saturated rings. The molecule has 1 aliphatic heterocycles. The van der Waals surface area contributed by atoms with Crippen LogP contribution in [-0.4, -0.2) is 25.2 Å². The lowest BCUT2D eigenvalue weighted by molar-refractivity contribution is -0.148. The van der Waals surface area contributed by atoms with Gasteiger partial charge in [-0.05, 0) is 19.4 Å². The third-order valence-electron chi connectivity index (χ3n) is 4.07. The second-order valence-electron chi connectivity index (χ2n) is 5.92. The first-order chi connectivity index (χ1) is 12.1. The van der Waals surface area contributed by atoms with E-state index in [4.69, 9.17) is 9.47 Å². The zero-order chi connectivity index (χ0) is 18.2. The Hall–Kier alpha value is -2.50. The van der Waals surface area contributed by atoms with Crippen molar-refractivity contribution in [2.24, 2.45) is 5.92 Å². The first-order valence-electron chi connectivity index (χ1n) is 8.73. The Balaban J connectivity index is 2.24. The normalized spacial score (nSPS) is 19.8. The van der Waals surface area contributed by atoms with Crippen LogP contribution >= 0.6 is 0 Å². The van der Waals surface area contributed by atoms with Crippen LogP contribution in [0.3, 0.4) is 0 Å². The standard InChI is InChI=1S/C19H26N2O4/c1-4-6-9-12-25-18(22)16-13(3)20-19(23)21-17(16)14-10-7-8-11-15(14)24-5-2/h7-8,10-11,16-17H,3-6,9,12H2,1-2H3,(H2,20,21,23)/t16-,17+/m1/s1. The number of ether oxygens (including phenoxy) is 2. The van der Waals surface area contributed by atoms with Gasteiger partial charge in [-0.2, -0.15) is 0 Å². The lowest BCUT2D eigenvalue weighted by Crippen LogP contribution is -2.51. The summed E-state index contributed by atoms with van der Waals surface area (Å²) in [5.41, 5.74) is 1.07. The van der Waals surface area contributed by atoms with Crippen molar-refractivity contribution in [1.29, 1.82) is 0 Å². The van der Waals surface area contributed by atoms with Gasteiger partial charge in [-0.1, -0.05) is 44.5 Å². The average molecular weight is 346 g/mol. The zero-order valence-corrected chi connectivity index (χ0v) is 14.8. The third-order valence-corrected chi connectivity index (χ3v) is 4.07. The maximum absolute atomic E-state index is 12.6. The van der Waals surface area contributed by atoms with Crippen LogP contribution in [0.1, 0.15) is 44.7 Å². The molecule has 0 saturated carbocycles. The minimum Gasteiger partial charge on any atom is -0.494 e. The first-order valence-corrected chi connectivity index (χ1v) is 8.73. The summed E-state index contributed by atoms with van der Waals surface area (Å²) in [4.78, 5) is 24.5. The smallest absolute Gasteiger partial charge is 0.319 e. The number of amides is 2. The van der Waals surface area contributed by atoms with Crippen LogP contribution in [0.5, 0.6) is 5.75 Å². The van der Waals surface area contributed by atoms with Crippen LogP contribution in [0.15, 0.2) is 36.5 Å². The van der Waals surface area contributed by atoms with Crippen molar-refractivity contribution >= 4 is 12.0 Å². The van der Waals surface area contributed by atoms with Crippen molar-refractivity contribution in [3.05, 3.63) is 42.1 Å². The van der Waals surface area contributed by atoms with Gasteiger partial charge in [0.2, 0.25) is 0 Å². The summed E-state index contributed by atoms with van der Waals surface area (Å²) >= 11 is 0. The number of hydrogen-bond donors (Lipinski definition) is 2. The van der Waals surface area contributed by atoms with Crippen molar-refractivity contribution in [2.45, 2.75) is 39.2 Å². The van der Waals surface area contributed by atoms with Crippen molar-refractivity contribution in [2.75, 3.05) is 13.2 Å². The number of para-hydroxylation sites is 1. The topological polar surface area (TPSA) is 76.7 Å². The van der Waals surface area contributed by atoms with Crippen LogP contribution in [0.25, 0.3) is 0 Å². The average Bonchev–Trinajstić information content (AvgIpc) is 2.58. The van der Waals surface area contributed by atoms with E-state index in [1.54, 1.807) is 0 Å². The van der Waals surface area contributed by atoms with Crippen LogP contribution < -0.4 is 15.4 Å². The molecule has 0 bridgehead atoms. The van der Waals surface area contributed by atoms with E-state index in [-0.39, 0.29) is 0 Å². The van der Waals surface area contributed by atoms with E-state index in [1.807, 2.05) is 31.2 Å². The van der Waals surface area contributed by atoms with Gasteiger partial charge in [0.15, 0.2) is 0 Å². The summed E-state index contributed by atoms with van der Waals surface area (Å²) in [7, 11) is 0. The van der Waals surface area contributed by atoms with E-state index in [9.17, 15) is 9.59 Å². The van der Waals surface area contributed by atoms with Gasteiger partial charge in [0.25, 0.3) is 0 Å². The predicted molar refractivity (Wildman–Crippen MR) is 95.1 cm³/mol. The SMILES string of the molecule is C=C1NC(=O)N[C@@H](c2ccccc2OCC)[C@@H]1C(=O)OCCCCC. The van der Waals surface area contributed by atoms with Crippen LogP contribution in [0, 0.1) is 5.92 Å². The Bertz CT molecular complexity index is 630. The van der Waals surface area contributed by atoms with Crippen molar-refractivity contribution in [3.63, 3.8) is 0 Å². The number of unbranched alkanes of at least 4 members (excludes halogenated alkanes) is 2. The minimum atomic E-state index is -0.707. The van der Waals surface area contributed by atoms with Crippen LogP contribution in [0.2, 0.25) is 0 Å². The molecule has 0 aliphatic carbocycles. The Morgan fingerprint density at radius 2 is 2.00 bits per heavy atom. The molecule has 1 heterocycles. The first kappa shape index (κ1) is 18.8. The highest BCUT2D eigenvalue weighted by molar-refractivity contribution is 5.85. The van der Waals surface area contributed by atoms with E-state index in [2.05, 4.69) is 24.1 Å². The largest absolute Gasteiger partial charge is 0.494 e. The van der Waals surface area contributed by atoms with E-state index < -0.39 is 24.0 Å². The van der Waals surface area contributed by atoms with E-state index in [0.29, 0.717) is 24.7 Å². The van der Waals surface area contributed by atoms with Gasteiger partial charge in [0.1, 0.15) is 11.7 Å². The number of carbonyl (C=O) groups excluding carboxylic acids is 2.